The van der Waals surface area contributed by atoms with Gasteiger partial charge < -0.3 is 14.4 Å². The molecule has 2 heterocycles. The van der Waals surface area contributed by atoms with Gasteiger partial charge in [0.1, 0.15) is 25.5 Å². The highest BCUT2D eigenvalue weighted by Crippen LogP contribution is 2.36. The maximum Gasteiger partial charge on any atom is 0.410 e. The van der Waals surface area contributed by atoms with Crippen LogP contribution in [0.4, 0.5) is 4.79 Å². The van der Waals surface area contributed by atoms with Crippen LogP contribution in [0.25, 0.3) is 0 Å². The van der Waals surface area contributed by atoms with Gasteiger partial charge in [0.05, 0.1) is 0 Å². The Morgan fingerprint density at radius 3 is 2.38 bits per heavy atom. The molecule has 5 heteroatoms. The van der Waals surface area contributed by atoms with Crippen molar-refractivity contribution in [2.24, 2.45) is 0 Å². The molecule has 3 rings (SSSR count). The normalized spacial score (nSPS) is 24.3. The Hall–Kier alpha value is -1.93. The Kier molecular flexibility index (Phi) is 6.33. The van der Waals surface area contributed by atoms with Crippen molar-refractivity contribution < 1.29 is 14.3 Å². The van der Waals surface area contributed by atoms with Crippen LogP contribution in [0.1, 0.15) is 58.4 Å². The van der Waals surface area contributed by atoms with E-state index in [2.05, 4.69) is 31.1 Å². The highest BCUT2D eigenvalue weighted by atomic mass is 28.3. The van der Waals surface area contributed by atoms with Gasteiger partial charge in [-0.2, -0.15) is 0 Å². The van der Waals surface area contributed by atoms with Gasteiger partial charge in [-0.1, -0.05) is 31.6 Å². The lowest BCUT2D eigenvalue weighted by molar-refractivity contribution is -0.0405. The van der Waals surface area contributed by atoms with E-state index in [-0.39, 0.29) is 24.3 Å². The third-order valence-corrected chi connectivity index (χ3v) is 6.13. The Morgan fingerprint density at radius 1 is 1.14 bits per heavy atom. The zero-order valence-corrected chi connectivity index (χ0v) is 19.7. The van der Waals surface area contributed by atoms with Gasteiger partial charge in [-0.25, -0.2) is 4.79 Å². The summed E-state index contributed by atoms with van der Waals surface area (Å²) in [4.78, 5) is 14.7. The fraction of sp³-hybridized carbons (Fsp3) is 0.625. The number of rotatable bonds is 2. The lowest BCUT2D eigenvalue weighted by Gasteiger charge is -2.48. The molecular weight excluding hydrogens is 378 g/mol. The average Bonchev–Trinajstić information content (AvgIpc) is 2.57. The van der Waals surface area contributed by atoms with Gasteiger partial charge in [-0.05, 0) is 58.2 Å². The fourth-order valence-corrected chi connectivity index (χ4v) is 4.66. The minimum Gasteiger partial charge on any atom is -0.490 e. The third-order valence-electron chi connectivity index (χ3n) is 5.25. The molecule has 2 fully saturated rings. The van der Waals surface area contributed by atoms with Gasteiger partial charge in [0, 0.05) is 30.5 Å². The number of benzene rings is 1. The standard InChI is InChI=1S/C24H35NO3Si/c1-24(2,3)28-23(26)25-19-10-8-11-20(25)17-22(16-19)27-21-12-7-9-18(15-21)13-14-29(4,5)6/h7,9,12,15,19-20,22H,8,10-11,16-17H2,1-6H3/t19-,20+,22-. The second-order valence-electron chi connectivity index (χ2n) is 10.4. The summed E-state index contributed by atoms with van der Waals surface area (Å²) < 4.78 is 12.0. The number of hydrogen-bond donors (Lipinski definition) is 0. The highest BCUT2D eigenvalue weighted by molar-refractivity contribution is 6.83. The second kappa shape index (κ2) is 8.43. The molecule has 2 aliphatic rings. The van der Waals surface area contributed by atoms with Crippen molar-refractivity contribution in [2.75, 3.05) is 0 Å². The van der Waals surface area contributed by atoms with E-state index in [9.17, 15) is 4.79 Å². The molecule has 0 aliphatic carbocycles. The molecule has 2 saturated heterocycles. The average molecular weight is 414 g/mol. The van der Waals surface area contributed by atoms with Crippen LogP contribution in [-0.4, -0.2) is 42.9 Å². The van der Waals surface area contributed by atoms with E-state index in [1.807, 2.05) is 49.9 Å². The van der Waals surface area contributed by atoms with Crippen molar-refractivity contribution in [1.29, 1.82) is 0 Å². The predicted molar refractivity (Wildman–Crippen MR) is 120 cm³/mol. The van der Waals surface area contributed by atoms with Crippen LogP contribution in [0, 0.1) is 11.5 Å². The zero-order chi connectivity index (χ0) is 21.2. The molecule has 1 aromatic carbocycles. The van der Waals surface area contributed by atoms with Crippen molar-refractivity contribution in [3.63, 3.8) is 0 Å². The summed E-state index contributed by atoms with van der Waals surface area (Å²) in [6, 6.07) is 8.52. The molecule has 2 bridgehead atoms. The van der Waals surface area contributed by atoms with Gasteiger partial charge >= 0.3 is 6.09 Å². The first kappa shape index (κ1) is 21.8. The van der Waals surface area contributed by atoms with E-state index in [0.717, 1.165) is 37.0 Å². The van der Waals surface area contributed by atoms with E-state index in [1.165, 1.54) is 6.42 Å². The minimum absolute atomic E-state index is 0.129. The number of carbonyl (C=O) groups is 1. The minimum atomic E-state index is -1.40. The number of piperidine rings is 2. The van der Waals surface area contributed by atoms with E-state index in [0.29, 0.717) is 0 Å². The quantitative estimate of drug-likeness (QED) is 0.467. The molecule has 0 aromatic heterocycles. The molecule has 158 valence electrons. The zero-order valence-electron chi connectivity index (χ0n) is 18.7. The molecule has 0 spiro atoms. The maximum absolute atomic E-state index is 12.7. The Labute approximate surface area is 177 Å². The number of hydrogen-bond acceptors (Lipinski definition) is 3. The topological polar surface area (TPSA) is 38.8 Å². The lowest BCUT2D eigenvalue weighted by Crippen LogP contribution is -2.57. The van der Waals surface area contributed by atoms with Crippen LogP contribution in [-0.2, 0) is 4.74 Å². The Morgan fingerprint density at radius 2 is 1.79 bits per heavy atom. The van der Waals surface area contributed by atoms with Crippen molar-refractivity contribution in [1.82, 2.24) is 4.90 Å². The van der Waals surface area contributed by atoms with E-state index < -0.39 is 13.7 Å². The first-order valence-electron chi connectivity index (χ1n) is 10.8. The summed E-state index contributed by atoms with van der Waals surface area (Å²) in [7, 11) is -1.40. The van der Waals surface area contributed by atoms with Gasteiger partial charge in [-0.15, -0.1) is 5.54 Å². The first-order valence-corrected chi connectivity index (χ1v) is 14.3. The van der Waals surface area contributed by atoms with Crippen LogP contribution in [0.3, 0.4) is 0 Å². The smallest absolute Gasteiger partial charge is 0.410 e. The predicted octanol–water partition coefficient (Wildman–Crippen LogP) is 5.61. The first-order chi connectivity index (χ1) is 13.5. The molecule has 29 heavy (non-hydrogen) atoms. The van der Waals surface area contributed by atoms with E-state index >= 15 is 0 Å². The molecule has 0 unspecified atom stereocenters. The van der Waals surface area contributed by atoms with Gasteiger partial charge in [-0.3, -0.25) is 0 Å². The lowest BCUT2D eigenvalue weighted by atomic mass is 9.83. The van der Waals surface area contributed by atoms with Crippen LogP contribution in [0.15, 0.2) is 24.3 Å². The van der Waals surface area contributed by atoms with Crippen LogP contribution in [0.2, 0.25) is 19.6 Å². The van der Waals surface area contributed by atoms with Crippen molar-refractivity contribution in [2.45, 2.75) is 96.3 Å². The molecule has 3 atom stereocenters. The molecule has 2 aliphatic heterocycles. The summed E-state index contributed by atoms with van der Waals surface area (Å²) >= 11 is 0. The van der Waals surface area contributed by atoms with Gasteiger partial charge in [0.2, 0.25) is 0 Å². The molecule has 4 nitrogen and oxygen atoms in total. The molecule has 0 radical (unpaired) electrons. The van der Waals surface area contributed by atoms with Crippen LogP contribution < -0.4 is 4.74 Å². The largest absolute Gasteiger partial charge is 0.490 e. The SMILES string of the molecule is CC(C)(C)OC(=O)N1[C@@H]2CCC[C@H]1C[C@H](Oc1cccc(C#C[Si](C)(C)C)c1)C2. The number of amides is 1. The van der Waals surface area contributed by atoms with Crippen LogP contribution in [0.5, 0.6) is 5.75 Å². The summed E-state index contributed by atoms with van der Waals surface area (Å²) in [6.45, 7) is 12.5. The van der Waals surface area contributed by atoms with E-state index in [1.54, 1.807) is 0 Å². The maximum atomic E-state index is 12.7. The number of carbonyl (C=O) groups excluding carboxylic acids is 1. The Bertz CT molecular complexity index is 783. The van der Waals surface area contributed by atoms with Gasteiger partial charge in [0.15, 0.2) is 0 Å². The number of fused-ring (bicyclic) bond motifs is 2. The van der Waals surface area contributed by atoms with Crippen molar-refractivity contribution >= 4 is 14.2 Å². The molecule has 0 N–H and O–H groups in total. The molecule has 0 saturated carbocycles. The fourth-order valence-electron chi connectivity index (χ4n) is 4.14. The molecule has 1 aromatic rings. The van der Waals surface area contributed by atoms with Crippen molar-refractivity contribution in [3.8, 4) is 17.2 Å². The van der Waals surface area contributed by atoms with E-state index in [4.69, 9.17) is 9.47 Å². The van der Waals surface area contributed by atoms with Crippen LogP contribution >= 0.6 is 0 Å². The summed E-state index contributed by atoms with van der Waals surface area (Å²) in [6.07, 6.45) is 4.90. The monoisotopic (exact) mass is 413 g/mol. The second-order valence-corrected chi connectivity index (χ2v) is 15.1. The molecule has 1 amide bonds. The van der Waals surface area contributed by atoms with Crippen molar-refractivity contribution in [3.05, 3.63) is 29.8 Å². The summed E-state index contributed by atoms with van der Waals surface area (Å²) in [5, 5.41) is 0. The number of ether oxygens (including phenoxy) is 2. The Balaban J connectivity index is 1.67. The third kappa shape index (κ3) is 6.27. The number of nitrogens with zero attached hydrogens (tertiary/aromatic N) is 1. The molecular formula is C24H35NO3Si. The summed E-state index contributed by atoms with van der Waals surface area (Å²) in [5.74, 6) is 4.18. The summed E-state index contributed by atoms with van der Waals surface area (Å²) in [5.41, 5.74) is 3.96. The van der Waals surface area contributed by atoms with Gasteiger partial charge in [0.25, 0.3) is 0 Å². The highest BCUT2D eigenvalue weighted by Gasteiger charge is 2.43.